The summed E-state index contributed by atoms with van der Waals surface area (Å²) >= 11 is 3.19. The summed E-state index contributed by atoms with van der Waals surface area (Å²) in [6, 6.07) is 9.76. The van der Waals surface area contributed by atoms with Crippen molar-refractivity contribution in [1.29, 1.82) is 0 Å². The Hall–Kier alpha value is -1.70. The van der Waals surface area contributed by atoms with E-state index in [1.165, 1.54) is 36.4 Å². The van der Waals surface area contributed by atoms with E-state index >= 15 is 0 Å². The zero-order valence-electron chi connectivity index (χ0n) is 10.2. The molecule has 1 amide bonds. The molecule has 7 heteroatoms. The van der Waals surface area contributed by atoms with E-state index in [4.69, 9.17) is 10.0 Å². The van der Waals surface area contributed by atoms with Crippen molar-refractivity contribution in [2.75, 3.05) is 5.32 Å². The van der Waals surface area contributed by atoms with Crippen molar-refractivity contribution in [1.82, 2.24) is 0 Å². The second-order valence-corrected chi connectivity index (χ2v) is 5.02. The normalized spacial score (nSPS) is 10.2. The molecule has 0 saturated carbocycles. The highest BCUT2D eigenvalue weighted by molar-refractivity contribution is 9.10. The van der Waals surface area contributed by atoms with Crippen LogP contribution in [0.4, 0.5) is 10.1 Å². The summed E-state index contributed by atoms with van der Waals surface area (Å²) in [6.07, 6.45) is 0. The third kappa shape index (κ3) is 3.66. The largest absolute Gasteiger partial charge is 0.488 e. The number of carbonyl (C=O) groups excluding carboxylic acids is 1. The monoisotopic (exact) mass is 337 g/mol. The van der Waals surface area contributed by atoms with E-state index in [-0.39, 0.29) is 11.0 Å². The summed E-state index contributed by atoms with van der Waals surface area (Å²) in [7, 11) is -1.66. The summed E-state index contributed by atoms with van der Waals surface area (Å²) in [5.74, 6) is -0.823. The second-order valence-electron chi connectivity index (χ2n) is 4.11. The van der Waals surface area contributed by atoms with Gasteiger partial charge in [0.15, 0.2) is 0 Å². The Kier molecular flexibility index (Phi) is 4.54. The first kappa shape index (κ1) is 14.7. The van der Waals surface area contributed by atoms with Crippen LogP contribution in [0.2, 0.25) is 0 Å². The average Bonchev–Trinajstić information content (AvgIpc) is 2.40. The van der Waals surface area contributed by atoms with Gasteiger partial charge < -0.3 is 15.4 Å². The van der Waals surface area contributed by atoms with Crippen LogP contribution in [-0.4, -0.2) is 23.1 Å². The Bertz CT molecular complexity index is 634. The van der Waals surface area contributed by atoms with E-state index in [1.54, 1.807) is 6.07 Å². The number of halogens is 2. The van der Waals surface area contributed by atoms with Crippen LogP contribution in [0.1, 0.15) is 10.4 Å². The summed E-state index contributed by atoms with van der Waals surface area (Å²) < 4.78 is 13.3. The molecule has 0 unspecified atom stereocenters. The smallest absolute Gasteiger partial charge is 0.423 e. The number of rotatable bonds is 3. The quantitative estimate of drug-likeness (QED) is 0.744. The van der Waals surface area contributed by atoms with Gasteiger partial charge in [-0.05, 0) is 47.9 Å². The molecule has 3 N–H and O–H groups in total. The molecule has 102 valence electrons. The van der Waals surface area contributed by atoms with Crippen molar-refractivity contribution < 1.29 is 19.2 Å². The van der Waals surface area contributed by atoms with Gasteiger partial charge in [0.05, 0.1) is 0 Å². The Morgan fingerprint density at radius 3 is 2.40 bits per heavy atom. The number of hydrogen-bond acceptors (Lipinski definition) is 3. The van der Waals surface area contributed by atoms with E-state index < -0.39 is 18.8 Å². The van der Waals surface area contributed by atoms with Gasteiger partial charge in [-0.15, -0.1) is 0 Å². The van der Waals surface area contributed by atoms with Crippen LogP contribution in [0, 0.1) is 5.82 Å². The van der Waals surface area contributed by atoms with Gasteiger partial charge in [-0.2, -0.15) is 0 Å². The fourth-order valence-electron chi connectivity index (χ4n) is 1.63. The lowest BCUT2D eigenvalue weighted by Gasteiger charge is -2.08. The average molecular weight is 338 g/mol. The van der Waals surface area contributed by atoms with E-state index in [0.717, 1.165) is 0 Å². The fourth-order valence-corrected chi connectivity index (χ4v) is 2.14. The predicted octanol–water partition coefficient (Wildman–Crippen LogP) is 1.52. The fraction of sp³-hybridized carbons (Fsp3) is 0. The zero-order valence-corrected chi connectivity index (χ0v) is 11.8. The Morgan fingerprint density at radius 1 is 1.15 bits per heavy atom. The summed E-state index contributed by atoms with van der Waals surface area (Å²) in [5, 5.41) is 20.9. The summed E-state index contributed by atoms with van der Waals surface area (Å²) in [5.41, 5.74) is 0.901. The van der Waals surface area contributed by atoms with Gasteiger partial charge in [0, 0.05) is 15.7 Å². The van der Waals surface area contributed by atoms with Crippen molar-refractivity contribution in [3.05, 3.63) is 58.3 Å². The number of anilines is 1. The van der Waals surface area contributed by atoms with Gasteiger partial charge in [0.2, 0.25) is 0 Å². The van der Waals surface area contributed by atoms with Crippen LogP contribution in [0.15, 0.2) is 46.9 Å². The molecule has 0 spiro atoms. The first-order valence-electron chi connectivity index (χ1n) is 5.69. The zero-order chi connectivity index (χ0) is 14.7. The maximum absolute atomic E-state index is 12.8. The maximum Gasteiger partial charge on any atom is 0.488 e. The van der Waals surface area contributed by atoms with Crippen LogP contribution in [0.5, 0.6) is 0 Å². The highest BCUT2D eigenvalue weighted by Gasteiger charge is 2.15. The van der Waals surface area contributed by atoms with Gasteiger partial charge in [-0.25, -0.2) is 4.39 Å². The number of amides is 1. The van der Waals surface area contributed by atoms with Crippen molar-refractivity contribution in [3.63, 3.8) is 0 Å². The van der Waals surface area contributed by atoms with Gasteiger partial charge in [0.1, 0.15) is 5.82 Å². The summed E-state index contributed by atoms with van der Waals surface area (Å²) in [4.78, 5) is 12.0. The highest BCUT2D eigenvalue weighted by atomic mass is 79.9. The Balaban J connectivity index is 2.22. The van der Waals surface area contributed by atoms with Gasteiger partial charge in [-0.1, -0.05) is 15.9 Å². The molecule has 0 radical (unpaired) electrons. The number of carbonyl (C=O) groups is 1. The van der Waals surface area contributed by atoms with Crippen LogP contribution < -0.4 is 10.8 Å². The van der Waals surface area contributed by atoms with E-state index in [2.05, 4.69) is 21.2 Å². The maximum atomic E-state index is 12.8. The Morgan fingerprint density at radius 2 is 1.80 bits per heavy atom. The van der Waals surface area contributed by atoms with Gasteiger partial charge in [0.25, 0.3) is 5.91 Å². The molecule has 2 aromatic carbocycles. The van der Waals surface area contributed by atoms with E-state index in [9.17, 15) is 9.18 Å². The third-order valence-electron chi connectivity index (χ3n) is 2.58. The molecule has 0 saturated heterocycles. The molecule has 2 rings (SSSR count). The predicted molar refractivity (Wildman–Crippen MR) is 78.3 cm³/mol. The lowest BCUT2D eigenvalue weighted by molar-refractivity contribution is 0.102. The van der Waals surface area contributed by atoms with Crippen molar-refractivity contribution >= 4 is 40.1 Å². The standard InChI is InChI=1S/C13H10BBrFNO3/c15-10-6-8(5-9(7-10)14(19)20)13(18)17-12-3-1-11(16)2-4-12/h1-7,19-20H,(H,17,18). The lowest BCUT2D eigenvalue weighted by Crippen LogP contribution is -2.31. The molecule has 0 aliphatic heterocycles. The molecule has 0 aromatic heterocycles. The topological polar surface area (TPSA) is 69.6 Å². The minimum atomic E-state index is -1.66. The molecule has 2 aromatic rings. The van der Waals surface area contributed by atoms with Crippen LogP contribution in [0.25, 0.3) is 0 Å². The van der Waals surface area contributed by atoms with Gasteiger partial charge >= 0.3 is 7.12 Å². The number of hydrogen-bond donors (Lipinski definition) is 3. The molecule has 4 nitrogen and oxygen atoms in total. The Labute approximate surface area is 123 Å². The molecule has 0 aliphatic carbocycles. The minimum absolute atomic E-state index is 0.198. The minimum Gasteiger partial charge on any atom is -0.423 e. The first-order chi connectivity index (χ1) is 9.45. The summed E-state index contributed by atoms with van der Waals surface area (Å²) in [6.45, 7) is 0. The van der Waals surface area contributed by atoms with E-state index in [0.29, 0.717) is 10.2 Å². The molecule has 0 heterocycles. The molecule has 0 atom stereocenters. The molecule has 20 heavy (non-hydrogen) atoms. The third-order valence-corrected chi connectivity index (χ3v) is 3.04. The lowest BCUT2D eigenvalue weighted by atomic mass is 9.79. The molecule has 0 aliphatic rings. The molecule has 0 bridgehead atoms. The van der Waals surface area contributed by atoms with Crippen LogP contribution >= 0.6 is 15.9 Å². The SMILES string of the molecule is O=C(Nc1ccc(F)cc1)c1cc(Br)cc(B(O)O)c1. The van der Waals surface area contributed by atoms with Gasteiger partial charge in [-0.3, -0.25) is 4.79 Å². The number of nitrogens with one attached hydrogen (secondary N) is 1. The molecular formula is C13H10BBrFNO3. The number of benzene rings is 2. The van der Waals surface area contributed by atoms with E-state index in [1.807, 2.05) is 0 Å². The molecular weight excluding hydrogens is 328 g/mol. The highest BCUT2D eigenvalue weighted by Crippen LogP contribution is 2.14. The van der Waals surface area contributed by atoms with Crippen molar-refractivity contribution in [2.24, 2.45) is 0 Å². The van der Waals surface area contributed by atoms with Crippen molar-refractivity contribution in [3.8, 4) is 0 Å². The first-order valence-corrected chi connectivity index (χ1v) is 6.48. The van der Waals surface area contributed by atoms with Crippen molar-refractivity contribution in [2.45, 2.75) is 0 Å². The molecule has 0 fully saturated rings. The van der Waals surface area contributed by atoms with Crippen LogP contribution in [-0.2, 0) is 0 Å². The second kappa shape index (κ2) is 6.17. The van der Waals surface area contributed by atoms with Crippen LogP contribution in [0.3, 0.4) is 0 Å².